The summed E-state index contributed by atoms with van der Waals surface area (Å²) in [6.45, 7) is 4.30. The van der Waals surface area contributed by atoms with Gasteiger partial charge in [-0.3, -0.25) is 15.0 Å². The van der Waals surface area contributed by atoms with Gasteiger partial charge in [-0.05, 0) is 55.2 Å². The normalized spacial score (nSPS) is 18.9. The van der Waals surface area contributed by atoms with Crippen molar-refractivity contribution in [2.75, 3.05) is 10.6 Å². The maximum absolute atomic E-state index is 13.3. The molecular weight excluding hydrogens is 359 g/mol. The minimum Gasteiger partial charge on any atom is -0.325 e. The topological polar surface area (TPSA) is 82.3 Å². The van der Waals surface area contributed by atoms with E-state index in [1.807, 2.05) is 0 Å². The molecule has 0 bridgehead atoms. The van der Waals surface area contributed by atoms with Crippen LogP contribution in [0.4, 0.5) is 15.8 Å². The summed E-state index contributed by atoms with van der Waals surface area (Å²) in [5.74, 6) is -0.401. The predicted molar refractivity (Wildman–Crippen MR) is 107 cm³/mol. The molecule has 0 aromatic heterocycles. The Morgan fingerprint density at radius 2 is 1.79 bits per heavy atom. The van der Waals surface area contributed by atoms with Crippen LogP contribution in [0.1, 0.15) is 37.0 Å². The number of hydrogen-bond donors (Lipinski definition) is 4. The van der Waals surface area contributed by atoms with Crippen LogP contribution in [0.3, 0.4) is 0 Å². The molecule has 28 heavy (non-hydrogen) atoms. The fourth-order valence-electron chi connectivity index (χ4n) is 3.25. The van der Waals surface area contributed by atoms with Gasteiger partial charge in [-0.15, -0.1) is 0 Å². The second-order valence-corrected chi connectivity index (χ2v) is 7.44. The number of hydrazine groups is 1. The van der Waals surface area contributed by atoms with Gasteiger partial charge in [0.1, 0.15) is 11.9 Å². The minimum absolute atomic E-state index is 0.151. The molecule has 2 amide bonds. The fourth-order valence-corrected chi connectivity index (χ4v) is 3.25. The van der Waals surface area contributed by atoms with Crippen molar-refractivity contribution in [3.63, 3.8) is 0 Å². The molecule has 1 aliphatic heterocycles. The van der Waals surface area contributed by atoms with E-state index in [-0.39, 0.29) is 23.9 Å². The van der Waals surface area contributed by atoms with E-state index < -0.39 is 5.82 Å². The maximum atomic E-state index is 13.3. The van der Waals surface area contributed by atoms with Crippen LogP contribution in [0.15, 0.2) is 48.5 Å². The second-order valence-electron chi connectivity index (χ2n) is 7.44. The van der Waals surface area contributed by atoms with Crippen LogP contribution in [0, 0.1) is 11.7 Å². The molecule has 7 heteroatoms. The molecule has 0 spiro atoms. The molecule has 1 fully saturated rings. The molecular formula is C21H25FN4O2. The lowest BCUT2D eigenvalue weighted by Gasteiger charge is -2.12. The molecule has 2 unspecified atom stereocenters. The Morgan fingerprint density at radius 3 is 2.50 bits per heavy atom. The fraction of sp³-hybridized carbons (Fsp3) is 0.333. The van der Waals surface area contributed by atoms with Gasteiger partial charge in [0.25, 0.3) is 5.91 Å². The van der Waals surface area contributed by atoms with E-state index >= 15 is 0 Å². The number of benzene rings is 2. The van der Waals surface area contributed by atoms with Crippen molar-refractivity contribution in [3.8, 4) is 0 Å². The number of hydrogen-bond acceptors (Lipinski definition) is 4. The smallest absolute Gasteiger partial charge is 0.255 e. The number of anilines is 2. The van der Waals surface area contributed by atoms with Gasteiger partial charge in [-0.2, -0.15) is 0 Å². The number of halogens is 1. The molecule has 2 aromatic carbocycles. The van der Waals surface area contributed by atoms with Crippen molar-refractivity contribution in [1.29, 1.82) is 0 Å². The van der Waals surface area contributed by atoms with Crippen molar-refractivity contribution in [1.82, 2.24) is 10.9 Å². The van der Waals surface area contributed by atoms with E-state index in [0.717, 1.165) is 6.42 Å². The summed E-state index contributed by atoms with van der Waals surface area (Å²) in [7, 11) is 0. The zero-order chi connectivity index (χ0) is 20.1. The van der Waals surface area contributed by atoms with Gasteiger partial charge in [-0.25, -0.2) is 9.82 Å². The summed E-state index contributed by atoms with van der Waals surface area (Å²) in [5, 5.41) is 5.49. The Balaban J connectivity index is 1.60. The highest BCUT2D eigenvalue weighted by atomic mass is 19.1. The molecule has 0 aliphatic carbocycles. The lowest BCUT2D eigenvalue weighted by molar-refractivity contribution is -0.117. The van der Waals surface area contributed by atoms with Crippen molar-refractivity contribution in [2.24, 2.45) is 5.92 Å². The summed E-state index contributed by atoms with van der Waals surface area (Å²) < 4.78 is 13.3. The van der Waals surface area contributed by atoms with Crippen LogP contribution >= 0.6 is 0 Å². The minimum atomic E-state index is -0.424. The largest absolute Gasteiger partial charge is 0.325 e. The third-order valence-electron chi connectivity index (χ3n) is 4.53. The van der Waals surface area contributed by atoms with Gasteiger partial charge in [0.15, 0.2) is 0 Å². The van der Waals surface area contributed by atoms with E-state index in [2.05, 4.69) is 35.3 Å². The summed E-state index contributed by atoms with van der Waals surface area (Å²) in [6, 6.07) is 12.3. The van der Waals surface area contributed by atoms with E-state index in [0.29, 0.717) is 29.3 Å². The van der Waals surface area contributed by atoms with Gasteiger partial charge in [0.2, 0.25) is 5.91 Å². The van der Waals surface area contributed by atoms with Crippen LogP contribution in [0.2, 0.25) is 0 Å². The average Bonchev–Trinajstić information content (AvgIpc) is 3.10. The number of nitrogens with one attached hydrogen (secondary N) is 4. The van der Waals surface area contributed by atoms with Crippen molar-refractivity contribution >= 4 is 23.2 Å². The lowest BCUT2D eigenvalue weighted by atomic mass is 10.00. The summed E-state index contributed by atoms with van der Waals surface area (Å²) in [4.78, 5) is 24.9. The number of carbonyl (C=O) groups excluding carboxylic acids is 2. The monoisotopic (exact) mass is 384 g/mol. The molecule has 2 aromatic rings. The molecule has 4 N–H and O–H groups in total. The SMILES string of the molecule is CC(C)CC1CC(C(=O)Nc2cccc(C(=O)Nc3cccc(F)c3)c2)NN1. The summed E-state index contributed by atoms with van der Waals surface area (Å²) in [6.07, 6.45) is 1.70. The first-order valence-electron chi connectivity index (χ1n) is 9.39. The molecule has 6 nitrogen and oxygen atoms in total. The zero-order valence-corrected chi connectivity index (χ0v) is 16.0. The maximum Gasteiger partial charge on any atom is 0.255 e. The molecule has 2 atom stereocenters. The summed E-state index contributed by atoms with van der Waals surface area (Å²) in [5.41, 5.74) is 7.47. The molecule has 148 valence electrons. The quantitative estimate of drug-likeness (QED) is 0.616. The highest BCUT2D eigenvalue weighted by molar-refractivity contribution is 6.05. The van der Waals surface area contributed by atoms with Gasteiger partial charge in [0, 0.05) is 23.0 Å². The zero-order valence-electron chi connectivity index (χ0n) is 16.0. The number of carbonyl (C=O) groups is 2. The van der Waals surface area contributed by atoms with E-state index in [9.17, 15) is 14.0 Å². The van der Waals surface area contributed by atoms with Crippen LogP contribution in [-0.4, -0.2) is 23.9 Å². The first-order valence-corrected chi connectivity index (χ1v) is 9.39. The predicted octanol–water partition coefficient (Wildman–Crippen LogP) is 3.30. The average molecular weight is 384 g/mol. The molecule has 1 heterocycles. The van der Waals surface area contributed by atoms with Gasteiger partial charge < -0.3 is 10.6 Å². The molecule has 1 saturated heterocycles. The Hall–Kier alpha value is -2.77. The Labute approximate surface area is 163 Å². The van der Waals surface area contributed by atoms with Crippen molar-refractivity contribution in [3.05, 3.63) is 59.9 Å². The Kier molecular flexibility index (Phi) is 6.38. The Morgan fingerprint density at radius 1 is 1.07 bits per heavy atom. The summed E-state index contributed by atoms with van der Waals surface area (Å²) >= 11 is 0. The van der Waals surface area contributed by atoms with E-state index in [4.69, 9.17) is 0 Å². The first-order chi connectivity index (χ1) is 13.4. The van der Waals surface area contributed by atoms with Crippen molar-refractivity contribution in [2.45, 2.75) is 38.8 Å². The highest BCUT2D eigenvalue weighted by Crippen LogP contribution is 2.17. The number of rotatable bonds is 6. The molecule has 3 rings (SSSR count). The molecule has 1 aliphatic rings. The van der Waals surface area contributed by atoms with Crippen LogP contribution in [0.25, 0.3) is 0 Å². The van der Waals surface area contributed by atoms with E-state index in [1.165, 1.54) is 18.2 Å². The van der Waals surface area contributed by atoms with Gasteiger partial charge in [-0.1, -0.05) is 26.0 Å². The standard InChI is InChI=1S/C21H25FN4O2/c1-13(2)9-18-12-19(26-25-18)21(28)24-16-7-3-5-14(10-16)20(27)23-17-8-4-6-15(22)11-17/h3-8,10-11,13,18-19,25-26H,9,12H2,1-2H3,(H,23,27)(H,24,28). The highest BCUT2D eigenvalue weighted by Gasteiger charge is 2.29. The van der Waals surface area contributed by atoms with Gasteiger partial charge in [0.05, 0.1) is 0 Å². The Bertz CT molecular complexity index is 856. The third kappa shape index (κ3) is 5.37. The van der Waals surface area contributed by atoms with Crippen molar-refractivity contribution < 1.29 is 14.0 Å². The van der Waals surface area contributed by atoms with E-state index in [1.54, 1.807) is 30.3 Å². The number of amides is 2. The molecule has 0 saturated carbocycles. The molecule has 0 radical (unpaired) electrons. The lowest BCUT2D eigenvalue weighted by Crippen LogP contribution is -2.40. The van der Waals surface area contributed by atoms with Crippen LogP contribution in [0.5, 0.6) is 0 Å². The van der Waals surface area contributed by atoms with Crippen LogP contribution in [-0.2, 0) is 4.79 Å². The first kappa shape index (κ1) is 20.0. The van der Waals surface area contributed by atoms with Gasteiger partial charge >= 0.3 is 0 Å². The third-order valence-corrected chi connectivity index (χ3v) is 4.53. The van der Waals surface area contributed by atoms with Crippen LogP contribution < -0.4 is 21.5 Å². The second kappa shape index (κ2) is 8.95.